The van der Waals surface area contributed by atoms with Crippen LogP contribution in [0.1, 0.15) is 49.0 Å². The minimum Gasteiger partial charge on any atom is -0.323 e. The molecular formula is C23H26FN5O. The molecule has 2 aliphatic carbocycles. The molecule has 0 N–H and O–H groups in total. The Bertz CT molecular complexity index is 993. The fourth-order valence-corrected chi connectivity index (χ4v) is 5.12. The van der Waals surface area contributed by atoms with E-state index in [0.717, 1.165) is 50.4 Å². The summed E-state index contributed by atoms with van der Waals surface area (Å²) in [5.74, 6) is 1.74. The molecule has 2 saturated carbocycles. The number of likely N-dealkylation sites (tertiary alicyclic amines) is 2. The molecule has 1 aromatic heterocycles. The van der Waals surface area contributed by atoms with Gasteiger partial charge in [0.05, 0.1) is 6.04 Å². The molecule has 4 fully saturated rings. The van der Waals surface area contributed by atoms with E-state index in [1.54, 1.807) is 6.07 Å². The van der Waals surface area contributed by atoms with Crippen molar-refractivity contribution < 1.29 is 9.18 Å². The molecule has 30 heavy (non-hydrogen) atoms. The average Bonchev–Trinajstić information content (AvgIpc) is 3.36. The maximum atomic E-state index is 13.2. The smallest absolute Gasteiger partial charge is 0.320 e. The van der Waals surface area contributed by atoms with Crippen LogP contribution in [-0.4, -0.2) is 56.8 Å². The van der Waals surface area contributed by atoms with Crippen molar-refractivity contribution in [2.75, 3.05) is 26.2 Å². The van der Waals surface area contributed by atoms with Crippen LogP contribution >= 0.6 is 0 Å². The largest absolute Gasteiger partial charge is 0.323 e. The lowest BCUT2D eigenvalue weighted by molar-refractivity contribution is -0.0777. The summed E-state index contributed by atoms with van der Waals surface area (Å²) in [6.07, 6.45) is 10.6. The van der Waals surface area contributed by atoms with Gasteiger partial charge in [0.2, 0.25) is 0 Å². The van der Waals surface area contributed by atoms with Gasteiger partial charge in [0.1, 0.15) is 12.1 Å². The van der Waals surface area contributed by atoms with Crippen molar-refractivity contribution in [2.45, 2.75) is 37.6 Å². The highest BCUT2D eigenvalue weighted by molar-refractivity contribution is 5.76. The molecule has 2 amide bonds. The zero-order valence-corrected chi connectivity index (χ0v) is 17.0. The number of amides is 2. The number of rotatable bonds is 4. The second kappa shape index (κ2) is 6.65. The van der Waals surface area contributed by atoms with E-state index in [4.69, 9.17) is 0 Å². The predicted molar refractivity (Wildman–Crippen MR) is 110 cm³/mol. The first-order valence-corrected chi connectivity index (χ1v) is 11.0. The van der Waals surface area contributed by atoms with Crippen LogP contribution in [-0.2, 0) is 0 Å². The highest BCUT2D eigenvalue weighted by atomic mass is 19.1. The summed E-state index contributed by atoms with van der Waals surface area (Å²) >= 11 is 0. The molecule has 6 rings (SSSR count). The van der Waals surface area contributed by atoms with Crippen LogP contribution in [0.25, 0.3) is 6.08 Å². The van der Waals surface area contributed by atoms with Gasteiger partial charge in [-0.3, -0.25) is 0 Å². The van der Waals surface area contributed by atoms with Gasteiger partial charge in [-0.05, 0) is 43.4 Å². The number of hydrogen-bond acceptors (Lipinski definition) is 3. The first kappa shape index (κ1) is 18.1. The summed E-state index contributed by atoms with van der Waals surface area (Å²) in [4.78, 5) is 21.1. The van der Waals surface area contributed by atoms with Crippen molar-refractivity contribution in [3.05, 3.63) is 53.9 Å². The fraction of sp³-hybridized carbons (Fsp3) is 0.522. The first-order chi connectivity index (χ1) is 14.6. The van der Waals surface area contributed by atoms with Crippen molar-refractivity contribution >= 4 is 12.1 Å². The molecule has 2 aromatic rings. The standard InChI is InChI=1S/C23H26FN5O/c24-19-3-1-2-16(8-19)4-5-17-11-27(12-17)22(30)28-13-23(14-28)9-20(10-23)29-15-25-21(26-29)18-6-7-18/h1-5,8,15,17-18,20H,6-7,9-14H2/b5-4+. The lowest BCUT2D eigenvalue weighted by Gasteiger charge is -2.59. The SMILES string of the molecule is O=C(N1CC(/C=C/c2cccc(F)c2)C1)N1CC2(CC(n3cnc(C4CC4)n3)C2)C1. The van der Waals surface area contributed by atoms with E-state index in [0.29, 0.717) is 23.3 Å². The number of nitrogens with zero attached hydrogens (tertiary/aromatic N) is 5. The summed E-state index contributed by atoms with van der Waals surface area (Å²) in [5.41, 5.74) is 1.16. The lowest BCUT2D eigenvalue weighted by Crippen LogP contribution is -2.67. The maximum Gasteiger partial charge on any atom is 0.320 e. The van der Waals surface area contributed by atoms with Crippen LogP contribution < -0.4 is 0 Å². The highest BCUT2D eigenvalue weighted by Gasteiger charge is 2.55. The molecular weight excluding hydrogens is 381 g/mol. The minimum atomic E-state index is -0.223. The van der Waals surface area contributed by atoms with Gasteiger partial charge in [0, 0.05) is 43.4 Å². The van der Waals surface area contributed by atoms with E-state index < -0.39 is 0 Å². The quantitative estimate of drug-likeness (QED) is 0.777. The zero-order chi connectivity index (χ0) is 20.3. The maximum absolute atomic E-state index is 13.2. The minimum absolute atomic E-state index is 0.163. The molecule has 3 heterocycles. The number of aromatic nitrogens is 3. The Morgan fingerprint density at radius 3 is 2.70 bits per heavy atom. The summed E-state index contributed by atoms with van der Waals surface area (Å²) in [5, 5.41) is 4.66. The van der Waals surface area contributed by atoms with Gasteiger partial charge in [-0.1, -0.05) is 24.3 Å². The number of urea groups is 1. The molecule has 2 aliphatic heterocycles. The summed E-state index contributed by atoms with van der Waals surface area (Å²) in [7, 11) is 0. The molecule has 7 heteroatoms. The van der Waals surface area contributed by atoms with Gasteiger partial charge in [-0.2, -0.15) is 5.10 Å². The molecule has 6 nitrogen and oxygen atoms in total. The Labute approximate surface area is 175 Å². The Hall–Kier alpha value is -2.70. The van der Waals surface area contributed by atoms with Gasteiger partial charge in [0.25, 0.3) is 0 Å². The van der Waals surface area contributed by atoms with Gasteiger partial charge < -0.3 is 9.80 Å². The van der Waals surface area contributed by atoms with Crippen molar-refractivity contribution in [1.82, 2.24) is 24.6 Å². The Kier molecular flexibility index (Phi) is 4.01. The number of hydrogen-bond donors (Lipinski definition) is 0. The molecule has 156 valence electrons. The van der Waals surface area contributed by atoms with Gasteiger partial charge in [-0.25, -0.2) is 18.9 Å². The van der Waals surface area contributed by atoms with Crippen molar-refractivity contribution in [3.63, 3.8) is 0 Å². The Balaban J connectivity index is 0.953. The number of carbonyl (C=O) groups is 1. The van der Waals surface area contributed by atoms with E-state index >= 15 is 0 Å². The lowest BCUT2D eigenvalue weighted by atomic mass is 9.61. The Morgan fingerprint density at radius 1 is 1.17 bits per heavy atom. The molecule has 1 spiro atoms. The predicted octanol–water partition coefficient (Wildman–Crippen LogP) is 3.70. The zero-order valence-electron chi connectivity index (χ0n) is 17.0. The topological polar surface area (TPSA) is 54.3 Å². The summed E-state index contributed by atoms with van der Waals surface area (Å²) in [6, 6.07) is 7.18. The number of carbonyl (C=O) groups excluding carboxylic acids is 1. The van der Waals surface area contributed by atoms with E-state index in [1.807, 2.05) is 33.0 Å². The molecule has 4 aliphatic rings. The number of benzene rings is 1. The molecule has 1 aromatic carbocycles. The van der Waals surface area contributed by atoms with Gasteiger partial charge in [-0.15, -0.1) is 0 Å². The van der Waals surface area contributed by atoms with Crippen LogP contribution in [0.15, 0.2) is 36.7 Å². The highest BCUT2D eigenvalue weighted by Crippen LogP contribution is 2.54. The van der Waals surface area contributed by atoms with Crippen LogP contribution in [0.4, 0.5) is 9.18 Å². The van der Waals surface area contributed by atoms with Crippen LogP contribution in [0.3, 0.4) is 0 Å². The third-order valence-corrected chi connectivity index (χ3v) is 7.09. The third-order valence-electron chi connectivity index (χ3n) is 7.09. The van der Waals surface area contributed by atoms with E-state index in [9.17, 15) is 9.18 Å². The molecule has 0 unspecified atom stereocenters. The monoisotopic (exact) mass is 407 g/mol. The second-order valence-electron chi connectivity index (χ2n) is 9.64. The fourth-order valence-electron chi connectivity index (χ4n) is 5.12. The van der Waals surface area contributed by atoms with E-state index in [2.05, 4.69) is 16.2 Å². The van der Waals surface area contributed by atoms with E-state index in [1.165, 1.54) is 25.0 Å². The normalized spacial score (nSPS) is 23.5. The van der Waals surface area contributed by atoms with Crippen LogP contribution in [0, 0.1) is 17.2 Å². The number of halogens is 1. The first-order valence-electron chi connectivity index (χ1n) is 11.0. The second-order valence-corrected chi connectivity index (χ2v) is 9.64. The van der Waals surface area contributed by atoms with E-state index in [-0.39, 0.29) is 11.8 Å². The molecule has 0 radical (unpaired) electrons. The van der Waals surface area contributed by atoms with Crippen molar-refractivity contribution in [2.24, 2.45) is 11.3 Å². The van der Waals surface area contributed by atoms with Crippen LogP contribution in [0.5, 0.6) is 0 Å². The Morgan fingerprint density at radius 2 is 1.97 bits per heavy atom. The summed E-state index contributed by atoms with van der Waals surface area (Å²) < 4.78 is 15.3. The third kappa shape index (κ3) is 3.20. The molecule has 0 atom stereocenters. The molecule has 2 saturated heterocycles. The summed E-state index contributed by atoms with van der Waals surface area (Å²) in [6.45, 7) is 3.24. The van der Waals surface area contributed by atoms with Crippen molar-refractivity contribution in [3.8, 4) is 0 Å². The van der Waals surface area contributed by atoms with Crippen LogP contribution in [0.2, 0.25) is 0 Å². The van der Waals surface area contributed by atoms with Gasteiger partial charge >= 0.3 is 6.03 Å². The van der Waals surface area contributed by atoms with Crippen molar-refractivity contribution in [1.29, 1.82) is 0 Å². The van der Waals surface area contributed by atoms with Gasteiger partial charge in [0.15, 0.2) is 5.82 Å². The average molecular weight is 407 g/mol. The molecule has 0 bridgehead atoms.